The molecule has 2 heterocycles. The third kappa shape index (κ3) is 2.49. The second-order valence-electron chi connectivity index (χ2n) is 5.85. The van der Waals surface area contributed by atoms with Crippen molar-refractivity contribution in [1.29, 1.82) is 0 Å². The van der Waals surface area contributed by atoms with Crippen LogP contribution in [-0.2, 0) is 18.0 Å². The van der Waals surface area contributed by atoms with Crippen LogP contribution in [0.1, 0.15) is 22.6 Å². The molecule has 0 radical (unpaired) electrons. The molecule has 2 aromatic carbocycles. The van der Waals surface area contributed by atoms with E-state index in [0.29, 0.717) is 18.1 Å². The Bertz CT molecular complexity index is 689. The van der Waals surface area contributed by atoms with Gasteiger partial charge < -0.3 is 14.8 Å². The van der Waals surface area contributed by atoms with Gasteiger partial charge in [-0.05, 0) is 29.3 Å². The monoisotopic (exact) mass is 299 g/mol. The summed E-state index contributed by atoms with van der Waals surface area (Å²) in [5.41, 5.74) is 3.10. The SMILES string of the molecule is Fc1ccccc1COc1ccc2c(c1)[C@H]1CNC[C@H]1OC2. The molecule has 4 heteroatoms. The van der Waals surface area contributed by atoms with Gasteiger partial charge in [-0.25, -0.2) is 4.39 Å². The Morgan fingerprint density at radius 1 is 1.18 bits per heavy atom. The van der Waals surface area contributed by atoms with Crippen LogP contribution in [0.15, 0.2) is 42.5 Å². The van der Waals surface area contributed by atoms with Gasteiger partial charge >= 0.3 is 0 Å². The number of hydrogen-bond acceptors (Lipinski definition) is 3. The molecule has 0 aliphatic carbocycles. The van der Waals surface area contributed by atoms with E-state index in [1.54, 1.807) is 12.1 Å². The Kier molecular flexibility index (Phi) is 3.56. The maximum Gasteiger partial charge on any atom is 0.129 e. The second kappa shape index (κ2) is 5.71. The van der Waals surface area contributed by atoms with E-state index in [9.17, 15) is 4.39 Å². The van der Waals surface area contributed by atoms with Gasteiger partial charge in [0.1, 0.15) is 18.2 Å². The van der Waals surface area contributed by atoms with E-state index in [1.165, 1.54) is 17.2 Å². The molecule has 1 saturated heterocycles. The van der Waals surface area contributed by atoms with E-state index in [1.807, 2.05) is 12.1 Å². The summed E-state index contributed by atoms with van der Waals surface area (Å²) in [5, 5.41) is 3.37. The normalized spacial score (nSPS) is 23.0. The molecular weight excluding hydrogens is 281 g/mol. The molecule has 0 spiro atoms. The Morgan fingerprint density at radius 3 is 3.00 bits per heavy atom. The average Bonchev–Trinajstić information content (AvgIpc) is 3.03. The number of ether oxygens (including phenoxy) is 2. The van der Waals surface area contributed by atoms with Crippen molar-refractivity contribution in [2.75, 3.05) is 13.1 Å². The molecule has 0 amide bonds. The fraction of sp³-hybridized carbons (Fsp3) is 0.333. The highest BCUT2D eigenvalue weighted by Crippen LogP contribution is 2.35. The van der Waals surface area contributed by atoms with Gasteiger partial charge in [-0.15, -0.1) is 0 Å². The number of hydrogen-bond donors (Lipinski definition) is 1. The third-order valence-corrected chi connectivity index (χ3v) is 4.48. The van der Waals surface area contributed by atoms with Crippen molar-refractivity contribution in [2.24, 2.45) is 0 Å². The summed E-state index contributed by atoms with van der Waals surface area (Å²) >= 11 is 0. The standard InChI is InChI=1S/C18H18FNO2/c19-17-4-2-1-3-13(17)11-21-14-6-5-12-10-22-18-9-20-8-16(18)15(12)7-14/h1-7,16,18,20H,8-11H2/t16-,18-/m1/s1. The fourth-order valence-corrected chi connectivity index (χ4v) is 3.25. The molecule has 2 aromatic rings. The Morgan fingerprint density at radius 2 is 2.09 bits per heavy atom. The fourth-order valence-electron chi connectivity index (χ4n) is 3.25. The molecule has 2 atom stereocenters. The molecule has 2 aliphatic heterocycles. The third-order valence-electron chi connectivity index (χ3n) is 4.48. The van der Waals surface area contributed by atoms with Crippen LogP contribution in [0.5, 0.6) is 5.75 Å². The number of rotatable bonds is 3. The quantitative estimate of drug-likeness (QED) is 0.945. The molecule has 0 aromatic heterocycles. The molecule has 0 saturated carbocycles. The Labute approximate surface area is 129 Å². The van der Waals surface area contributed by atoms with Crippen molar-refractivity contribution < 1.29 is 13.9 Å². The molecular formula is C18H18FNO2. The minimum atomic E-state index is -0.228. The Balaban J connectivity index is 1.54. The maximum absolute atomic E-state index is 13.6. The summed E-state index contributed by atoms with van der Waals surface area (Å²) in [6.45, 7) is 2.75. The molecule has 114 valence electrons. The number of halogens is 1. The summed E-state index contributed by atoms with van der Waals surface area (Å²) in [5.74, 6) is 0.948. The van der Waals surface area contributed by atoms with Crippen molar-refractivity contribution >= 4 is 0 Å². The van der Waals surface area contributed by atoms with Crippen LogP contribution >= 0.6 is 0 Å². The lowest BCUT2D eigenvalue weighted by Crippen LogP contribution is -2.26. The van der Waals surface area contributed by atoms with Crippen LogP contribution in [0.3, 0.4) is 0 Å². The number of nitrogens with one attached hydrogen (secondary N) is 1. The molecule has 1 N–H and O–H groups in total. The van der Waals surface area contributed by atoms with Crippen molar-refractivity contribution in [3.63, 3.8) is 0 Å². The largest absolute Gasteiger partial charge is 0.489 e. The summed E-state index contributed by atoms with van der Waals surface area (Å²) in [6.07, 6.45) is 0.259. The lowest BCUT2D eigenvalue weighted by molar-refractivity contribution is 0.0298. The number of benzene rings is 2. The van der Waals surface area contributed by atoms with Gasteiger partial charge in [0.2, 0.25) is 0 Å². The van der Waals surface area contributed by atoms with Gasteiger partial charge in [-0.3, -0.25) is 0 Å². The Hall–Kier alpha value is -1.91. The van der Waals surface area contributed by atoms with E-state index in [-0.39, 0.29) is 18.5 Å². The van der Waals surface area contributed by atoms with Gasteiger partial charge in [0.15, 0.2) is 0 Å². The van der Waals surface area contributed by atoms with Gasteiger partial charge in [-0.1, -0.05) is 24.3 Å². The first kappa shape index (κ1) is 13.7. The van der Waals surface area contributed by atoms with Crippen molar-refractivity contribution in [2.45, 2.75) is 25.2 Å². The van der Waals surface area contributed by atoms with Crippen LogP contribution in [0.2, 0.25) is 0 Å². The zero-order valence-electron chi connectivity index (χ0n) is 12.2. The zero-order chi connectivity index (χ0) is 14.9. The van der Waals surface area contributed by atoms with Crippen molar-refractivity contribution in [3.8, 4) is 5.75 Å². The second-order valence-corrected chi connectivity index (χ2v) is 5.85. The van der Waals surface area contributed by atoms with Gasteiger partial charge in [-0.2, -0.15) is 0 Å². The first-order valence-corrected chi connectivity index (χ1v) is 7.62. The predicted octanol–water partition coefficient (Wildman–Crippen LogP) is 2.99. The van der Waals surface area contributed by atoms with Crippen molar-refractivity contribution in [3.05, 3.63) is 65.0 Å². The van der Waals surface area contributed by atoms with Crippen molar-refractivity contribution in [1.82, 2.24) is 5.32 Å². The molecule has 2 aliphatic rings. The highest BCUT2D eigenvalue weighted by Gasteiger charge is 2.34. The van der Waals surface area contributed by atoms with Gasteiger partial charge in [0.05, 0.1) is 12.7 Å². The van der Waals surface area contributed by atoms with Crippen LogP contribution in [0.4, 0.5) is 4.39 Å². The van der Waals surface area contributed by atoms with Crippen LogP contribution in [-0.4, -0.2) is 19.2 Å². The summed E-state index contributed by atoms with van der Waals surface area (Å²) in [6, 6.07) is 12.8. The van der Waals surface area contributed by atoms with Crippen LogP contribution in [0.25, 0.3) is 0 Å². The first-order valence-electron chi connectivity index (χ1n) is 7.62. The minimum absolute atomic E-state index is 0.228. The molecule has 0 unspecified atom stereocenters. The van der Waals surface area contributed by atoms with E-state index in [4.69, 9.17) is 9.47 Å². The molecule has 0 bridgehead atoms. The highest BCUT2D eigenvalue weighted by atomic mass is 19.1. The van der Waals surface area contributed by atoms with Gasteiger partial charge in [0.25, 0.3) is 0 Å². The zero-order valence-corrected chi connectivity index (χ0v) is 12.2. The number of fused-ring (bicyclic) bond motifs is 3. The molecule has 1 fully saturated rings. The molecule has 4 rings (SSSR count). The summed E-state index contributed by atoms with van der Waals surface area (Å²) < 4.78 is 25.3. The lowest BCUT2D eigenvalue weighted by atomic mass is 9.89. The van der Waals surface area contributed by atoms with Crippen LogP contribution < -0.4 is 10.1 Å². The van der Waals surface area contributed by atoms with Crippen LogP contribution in [0, 0.1) is 5.82 Å². The highest BCUT2D eigenvalue weighted by molar-refractivity contribution is 5.40. The topological polar surface area (TPSA) is 30.5 Å². The minimum Gasteiger partial charge on any atom is -0.489 e. The van der Waals surface area contributed by atoms with E-state index in [0.717, 1.165) is 18.8 Å². The first-order chi connectivity index (χ1) is 10.8. The summed E-state index contributed by atoms with van der Waals surface area (Å²) in [7, 11) is 0. The maximum atomic E-state index is 13.6. The van der Waals surface area contributed by atoms with E-state index < -0.39 is 0 Å². The van der Waals surface area contributed by atoms with E-state index >= 15 is 0 Å². The molecule has 3 nitrogen and oxygen atoms in total. The lowest BCUT2D eigenvalue weighted by Gasteiger charge is -2.28. The predicted molar refractivity (Wildman–Crippen MR) is 81.4 cm³/mol. The average molecular weight is 299 g/mol. The molecule has 22 heavy (non-hydrogen) atoms. The smallest absolute Gasteiger partial charge is 0.129 e. The summed E-state index contributed by atoms with van der Waals surface area (Å²) in [4.78, 5) is 0. The van der Waals surface area contributed by atoms with E-state index in [2.05, 4.69) is 17.4 Å². The van der Waals surface area contributed by atoms with Gasteiger partial charge in [0, 0.05) is 24.6 Å².